The lowest BCUT2D eigenvalue weighted by Gasteiger charge is -2.19. The van der Waals surface area contributed by atoms with Gasteiger partial charge in [-0.1, -0.05) is 6.92 Å². The lowest BCUT2D eigenvalue weighted by atomic mass is 10.2. The van der Waals surface area contributed by atoms with Gasteiger partial charge >= 0.3 is 0 Å². The quantitative estimate of drug-likeness (QED) is 0.668. The molecule has 0 saturated heterocycles. The van der Waals surface area contributed by atoms with Gasteiger partial charge in [0.15, 0.2) is 0 Å². The van der Waals surface area contributed by atoms with Crippen LogP contribution in [0.25, 0.3) is 0 Å². The molecule has 1 aliphatic carbocycles. The number of carbonyl (C=O) groups excluding carboxylic acids is 2. The van der Waals surface area contributed by atoms with Crippen molar-refractivity contribution in [3.05, 3.63) is 0 Å². The summed E-state index contributed by atoms with van der Waals surface area (Å²) in [6, 6.07) is -0.401. The minimum Gasteiger partial charge on any atom is -0.352 e. The molecule has 0 heterocycles. The van der Waals surface area contributed by atoms with Crippen molar-refractivity contribution in [3.8, 4) is 0 Å². The highest BCUT2D eigenvalue weighted by molar-refractivity contribution is 5.93. The van der Waals surface area contributed by atoms with Crippen LogP contribution in [0.15, 0.2) is 0 Å². The van der Waals surface area contributed by atoms with Crippen molar-refractivity contribution in [1.29, 1.82) is 0 Å². The van der Waals surface area contributed by atoms with Gasteiger partial charge in [0.2, 0.25) is 11.8 Å². The van der Waals surface area contributed by atoms with E-state index >= 15 is 0 Å². The predicted octanol–water partition coefficient (Wildman–Crippen LogP) is 0.319. The SMILES string of the molecule is CCC(C)NC(=O)C(C)NC(=O)C1(N)CC1.Cl. The topological polar surface area (TPSA) is 84.2 Å². The predicted molar refractivity (Wildman–Crippen MR) is 68.9 cm³/mol. The molecule has 0 aromatic rings. The molecule has 0 spiro atoms. The molecule has 0 aromatic heterocycles. The summed E-state index contributed by atoms with van der Waals surface area (Å²) in [7, 11) is 0. The molecule has 1 saturated carbocycles. The van der Waals surface area contributed by atoms with Gasteiger partial charge in [-0.2, -0.15) is 0 Å². The van der Waals surface area contributed by atoms with E-state index in [2.05, 4.69) is 10.6 Å². The third-order valence-electron chi connectivity index (χ3n) is 2.98. The maximum Gasteiger partial charge on any atom is 0.242 e. The Kier molecular flexibility index (Phi) is 5.92. The smallest absolute Gasteiger partial charge is 0.242 e. The molecule has 0 aliphatic heterocycles. The molecule has 1 rings (SSSR count). The lowest BCUT2D eigenvalue weighted by Crippen LogP contribution is -2.52. The largest absolute Gasteiger partial charge is 0.352 e. The van der Waals surface area contributed by atoms with Crippen molar-refractivity contribution in [3.63, 3.8) is 0 Å². The summed E-state index contributed by atoms with van der Waals surface area (Å²) in [6.45, 7) is 5.59. The molecule has 0 bridgehead atoms. The van der Waals surface area contributed by atoms with Crippen molar-refractivity contribution in [2.24, 2.45) is 5.73 Å². The van der Waals surface area contributed by atoms with E-state index < -0.39 is 11.6 Å². The molecule has 4 N–H and O–H groups in total. The first kappa shape index (κ1) is 16.2. The fourth-order valence-electron chi connectivity index (χ4n) is 1.24. The maximum absolute atomic E-state index is 11.6. The van der Waals surface area contributed by atoms with Crippen molar-refractivity contribution in [1.82, 2.24) is 10.6 Å². The zero-order chi connectivity index (χ0) is 12.3. The molecule has 5 nitrogen and oxygen atoms in total. The Bertz CT molecular complexity index is 292. The number of halogens is 1. The van der Waals surface area contributed by atoms with Crippen LogP contribution < -0.4 is 16.4 Å². The molecule has 1 fully saturated rings. The average Bonchev–Trinajstić information content (AvgIpc) is 2.97. The first-order valence-corrected chi connectivity index (χ1v) is 5.79. The molecule has 17 heavy (non-hydrogen) atoms. The lowest BCUT2D eigenvalue weighted by molar-refractivity contribution is -0.130. The van der Waals surface area contributed by atoms with Crippen molar-refractivity contribution in [2.75, 3.05) is 0 Å². The van der Waals surface area contributed by atoms with Gasteiger partial charge in [-0.05, 0) is 33.1 Å². The maximum atomic E-state index is 11.6. The van der Waals surface area contributed by atoms with Gasteiger partial charge in [-0.3, -0.25) is 9.59 Å². The van der Waals surface area contributed by atoms with Crippen LogP contribution in [-0.2, 0) is 9.59 Å². The van der Waals surface area contributed by atoms with Gasteiger partial charge in [0.05, 0.1) is 5.54 Å². The van der Waals surface area contributed by atoms with Crippen LogP contribution >= 0.6 is 12.4 Å². The number of nitrogens with two attached hydrogens (primary N) is 1. The summed E-state index contributed by atoms with van der Waals surface area (Å²) < 4.78 is 0. The highest BCUT2D eigenvalue weighted by atomic mass is 35.5. The summed E-state index contributed by atoms with van der Waals surface area (Å²) in [4.78, 5) is 23.2. The molecular formula is C11H22ClN3O2. The molecular weight excluding hydrogens is 242 g/mol. The number of hydrogen-bond donors (Lipinski definition) is 3. The average molecular weight is 264 g/mol. The summed E-state index contributed by atoms with van der Waals surface area (Å²) in [5, 5.41) is 5.45. The molecule has 2 amide bonds. The van der Waals surface area contributed by atoms with Crippen LogP contribution in [-0.4, -0.2) is 29.4 Å². The Morgan fingerprint density at radius 1 is 1.29 bits per heavy atom. The first-order chi connectivity index (χ1) is 7.39. The number of carbonyl (C=O) groups is 2. The standard InChI is InChI=1S/C11H21N3O2.ClH/c1-4-7(2)13-9(15)8(3)14-10(16)11(12)5-6-11;/h7-8H,4-6,12H2,1-3H3,(H,13,15)(H,14,16);1H. The van der Waals surface area contributed by atoms with Gasteiger partial charge in [-0.25, -0.2) is 0 Å². The second-order valence-corrected chi connectivity index (χ2v) is 4.67. The zero-order valence-electron chi connectivity index (χ0n) is 10.6. The van der Waals surface area contributed by atoms with Crippen LogP contribution in [0.4, 0.5) is 0 Å². The van der Waals surface area contributed by atoms with Gasteiger partial charge in [0.25, 0.3) is 0 Å². The van der Waals surface area contributed by atoms with E-state index in [9.17, 15) is 9.59 Å². The molecule has 1 aliphatic rings. The van der Waals surface area contributed by atoms with E-state index in [1.54, 1.807) is 6.92 Å². The number of nitrogens with one attached hydrogen (secondary N) is 2. The van der Waals surface area contributed by atoms with Crippen LogP contribution in [0, 0.1) is 0 Å². The van der Waals surface area contributed by atoms with Gasteiger partial charge in [-0.15, -0.1) is 12.4 Å². The fourth-order valence-corrected chi connectivity index (χ4v) is 1.24. The van der Waals surface area contributed by atoms with Gasteiger partial charge < -0.3 is 16.4 Å². The van der Waals surface area contributed by atoms with E-state index in [-0.39, 0.29) is 30.3 Å². The second kappa shape index (κ2) is 6.21. The first-order valence-electron chi connectivity index (χ1n) is 5.79. The summed E-state index contributed by atoms with van der Waals surface area (Å²) in [5.74, 6) is -0.383. The van der Waals surface area contributed by atoms with Crippen molar-refractivity contribution < 1.29 is 9.59 Å². The molecule has 6 heteroatoms. The number of rotatable bonds is 5. The Morgan fingerprint density at radius 2 is 1.82 bits per heavy atom. The Morgan fingerprint density at radius 3 is 2.24 bits per heavy atom. The van der Waals surface area contributed by atoms with E-state index in [0.717, 1.165) is 6.42 Å². The Hall–Kier alpha value is -0.810. The fraction of sp³-hybridized carbons (Fsp3) is 0.818. The molecule has 2 unspecified atom stereocenters. The molecule has 0 aromatic carbocycles. The Labute approximate surface area is 108 Å². The van der Waals surface area contributed by atoms with Gasteiger partial charge in [0, 0.05) is 6.04 Å². The minimum absolute atomic E-state index is 0. The van der Waals surface area contributed by atoms with Crippen LogP contribution in [0.3, 0.4) is 0 Å². The normalized spacial score (nSPS) is 19.5. The number of amides is 2. The summed E-state index contributed by atoms with van der Waals surface area (Å²) in [5.41, 5.74) is 5.00. The Balaban J connectivity index is 0.00000256. The third-order valence-corrected chi connectivity index (χ3v) is 2.98. The minimum atomic E-state index is -0.717. The number of hydrogen-bond acceptors (Lipinski definition) is 3. The summed E-state index contributed by atoms with van der Waals surface area (Å²) in [6.07, 6.45) is 2.28. The third kappa shape index (κ3) is 4.52. The molecule has 100 valence electrons. The highest BCUT2D eigenvalue weighted by Crippen LogP contribution is 2.32. The van der Waals surface area contributed by atoms with Crippen LogP contribution in [0.1, 0.15) is 40.0 Å². The zero-order valence-corrected chi connectivity index (χ0v) is 11.4. The van der Waals surface area contributed by atoms with E-state index in [4.69, 9.17) is 5.73 Å². The van der Waals surface area contributed by atoms with Crippen LogP contribution in [0.2, 0.25) is 0 Å². The van der Waals surface area contributed by atoms with Crippen molar-refractivity contribution in [2.45, 2.75) is 57.7 Å². The summed E-state index contributed by atoms with van der Waals surface area (Å²) >= 11 is 0. The molecule has 2 atom stereocenters. The van der Waals surface area contributed by atoms with E-state index in [0.29, 0.717) is 12.8 Å². The van der Waals surface area contributed by atoms with E-state index in [1.807, 2.05) is 13.8 Å². The highest BCUT2D eigenvalue weighted by Gasteiger charge is 2.46. The van der Waals surface area contributed by atoms with Crippen molar-refractivity contribution >= 4 is 24.2 Å². The van der Waals surface area contributed by atoms with E-state index in [1.165, 1.54) is 0 Å². The molecule has 0 radical (unpaired) electrons. The van der Waals surface area contributed by atoms with Gasteiger partial charge in [0.1, 0.15) is 6.04 Å². The monoisotopic (exact) mass is 263 g/mol. The van der Waals surface area contributed by atoms with Crippen LogP contribution in [0.5, 0.6) is 0 Å². The second-order valence-electron chi connectivity index (χ2n) is 4.67.